The summed E-state index contributed by atoms with van der Waals surface area (Å²) in [5, 5.41) is 12.0. The maximum atomic E-state index is 12.9. The Morgan fingerprint density at radius 3 is 2.57 bits per heavy atom. The summed E-state index contributed by atoms with van der Waals surface area (Å²) in [5.41, 5.74) is 0.476. The van der Waals surface area contributed by atoms with E-state index >= 15 is 0 Å². The SMILES string of the molecule is CCC(CO)CNC(=O)c1cnc(OCC2CC2)c(-c2ccc(C(F)(F)F)cc2)c1. The largest absolute Gasteiger partial charge is 0.477 e. The molecule has 2 N–H and O–H groups in total. The molecular formula is C22H25F3N2O3. The van der Waals surface area contributed by atoms with Crippen molar-refractivity contribution in [1.29, 1.82) is 0 Å². The summed E-state index contributed by atoms with van der Waals surface area (Å²) < 4.78 is 44.4. The number of ether oxygens (including phenoxy) is 1. The first-order valence-electron chi connectivity index (χ1n) is 10.0. The number of alkyl halides is 3. The van der Waals surface area contributed by atoms with Crippen molar-refractivity contribution in [3.8, 4) is 17.0 Å². The topological polar surface area (TPSA) is 71.5 Å². The number of amides is 1. The second-order valence-corrected chi connectivity index (χ2v) is 7.57. The molecule has 30 heavy (non-hydrogen) atoms. The fraction of sp³-hybridized carbons (Fsp3) is 0.455. The highest BCUT2D eigenvalue weighted by Crippen LogP contribution is 2.35. The average Bonchev–Trinajstić information content (AvgIpc) is 3.57. The number of nitrogens with zero attached hydrogens (tertiary/aromatic N) is 1. The first-order chi connectivity index (χ1) is 14.3. The molecule has 1 atom stereocenters. The highest BCUT2D eigenvalue weighted by atomic mass is 19.4. The Hall–Kier alpha value is -2.61. The average molecular weight is 422 g/mol. The Morgan fingerprint density at radius 1 is 1.30 bits per heavy atom. The fourth-order valence-electron chi connectivity index (χ4n) is 2.90. The monoisotopic (exact) mass is 422 g/mol. The molecule has 0 radical (unpaired) electrons. The summed E-state index contributed by atoms with van der Waals surface area (Å²) in [4.78, 5) is 16.8. The van der Waals surface area contributed by atoms with Crippen molar-refractivity contribution in [2.75, 3.05) is 19.8 Å². The van der Waals surface area contributed by atoms with Gasteiger partial charge in [0.25, 0.3) is 5.91 Å². The summed E-state index contributed by atoms with van der Waals surface area (Å²) in [5.74, 6) is 0.355. The molecule has 1 aromatic carbocycles. The predicted molar refractivity (Wildman–Crippen MR) is 106 cm³/mol. The standard InChI is InChI=1S/C22H25F3N2O3/c1-2-14(12-28)10-26-20(29)17-9-19(21(27-11-17)30-13-15-3-4-15)16-5-7-18(8-6-16)22(23,24)25/h5-9,11,14-15,28H,2-4,10,12-13H2,1H3,(H,26,29). The van der Waals surface area contributed by atoms with Crippen LogP contribution in [0, 0.1) is 11.8 Å². The van der Waals surface area contributed by atoms with Crippen molar-refractivity contribution >= 4 is 5.91 Å². The number of pyridine rings is 1. The fourth-order valence-corrected chi connectivity index (χ4v) is 2.90. The molecule has 1 saturated carbocycles. The molecule has 5 nitrogen and oxygen atoms in total. The molecule has 0 saturated heterocycles. The van der Waals surface area contributed by atoms with Gasteiger partial charge in [-0.2, -0.15) is 13.2 Å². The molecule has 0 aliphatic heterocycles. The van der Waals surface area contributed by atoms with Gasteiger partial charge in [0.1, 0.15) is 0 Å². The maximum Gasteiger partial charge on any atom is 0.416 e. The highest BCUT2D eigenvalue weighted by Gasteiger charge is 2.30. The van der Waals surface area contributed by atoms with Crippen LogP contribution in [0.5, 0.6) is 5.88 Å². The molecule has 0 spiro atoms. The van der Waals surface area contributed by atoms with Gasteiger partial charge in [0.2, 0.25) is 5.88 Å². The number of aliphatic hydroxyl groups is 1. The third kappa shape index (κ3) is 5.72. The molecule has 1 aromatic heterocycles. The van der Waals surface area contributed by atoms with E-state index in [1.165, 1.54) is 18.3 Å². The zero-order chi connectivity index (χ0) is 21.7. The number of rotatable bonds is 9. The second-order valence-electron chi connectivity index (χ2n) is 7.57. The van der Waals surface area contributed by atoms with Gasteiger partial charge in [-0.05, 0) is 54.9 Å². The van der Waals surface area contributed by atoms with Crippen molar-refractivity contribution in [2.45, 2.75) is 32.4 Å². The van der Waals surface area contributed by atoms with Crippen LogP contribution in [0.4, 0.5) is 13.2 Å². The normalized spacial score (nSPS) is 15.0. The lowest BCUT2D eigenvalue weighted by Crippen LogP contribution is -2.30. The molecule has 8 heteroatoms. The minimum absolute atomic E-state index is 0.0280. The summed E-state index contributed by atoms with van der Waals surface area (Å²) >= 11 is 0. The van der Waals surface area contributed by atoms with E-state index in [-0.39, 0.29) is 24.0 Å². The van der Waals surface area contributed by atoms with E-state index in [9.17, 15) is 23.1 Å². The van der Waals surface area contributed by atoms with Crippen LogP contribution in [-0.4, -0.2) is 35.8 Å². The number of aromatic nitrogens is 1. The summed E-state index contributed by atoms with van der Waals surface area (Å²) in [7, 11) is 0. The van der Waals surface area contributed by atoms with Gasteiger partial charge >= 0.3 is 6.18 Å². The van der Waals surface area contributed by atoms with Crippen LogP contribution >= 0.6 is 0 Å². The van der Waals surface area contributed by atoms with Gasteiger partial charge in [0, 0.05) is 24.9 Å². The number of halogens is 3. The molecule has 1 aliphatic carbocycles. The van der Waals surface area contributed by atoms with Gasteiger partial charge in [-0.1, -0.05) is 19.1 Å². The molecule has 1 unspecified atom stereocenters. The predicted octanol–water partition coefficient (Wildman–Crippen LogP) is 4.30. The quantitative estimate of drug-likeness (QED) is 0.632. The number of carbonyl (C=O) groups excluding carboxylic acids is 1. The molecule has 2 aromatic rings. The van der Waals surface area contributed by atoms with Gasteiger partial charge in [0.15, 0.2) is 0 Å². The van der Waals surface area contributed by atoms with E-state index in [4.69, 9.17) is 4.74 Å². The second kappa shape index (κ2) is 9.47. The van der Waals surface area contributed by atoms with Crippen molar-refractivity contribution in [2.24, 2.45) is 11.8 Å². The van der Waals surface area contributed by atoms with E-state index in [0.717, 1.165) is 31.4 Å². The molecule has 1 fully saturated rings. The number of nitrogens with one attached hydrogen (secondary N) is 1. The third-order valence-corrected chi connectivity index (χ3v) is 5.18. The van der Waals surface area contributed by atoms with Crippen LogP contribution in [-0.2, 0) is 6.18 Å². The smallest absolute Gasteiger partial charge is 0.416 e. The third-order valence-electron chi connectivity index (χ3n) is 5.18. The van der Waals surface area contributed by atoms with Gasteiger partial charge in [-0.25, -0.2) is 4.98 Å². The van der Waals surface area contributed by atoms with Gasteiger partial charge in [-0.3, -0.25) is 4.79 Å². The van der Waals surface area contributed by atoms with Gasteiger partial charge in [0.05, 0.1) is 17.7 Å². The Morgan fingerprint density at radius 2 is 2.00 bits per heavy atom. The summed E-state index contributed by atoms with van der Waals surface area (Å²) in [6, 6.07) is 6.28. The molecule has 1 aliphatic rings. The van der Waals surface area contributed by atoms with Crippen molar-refractivity contribution in [1.82, 2.24) is 10.3 Å². The number of carbonyl (C=O) groups is 1. The van der Waals surface area contributed by atoms with Crippen LogP contribution in [0.3, 0.4) is 0 Å². The minimum atomic E-state index is -4.42. The number of hydrogen-bond donors (Lipinski definition) is 2. The van der Waals surface area contributed by atoms with E-state index in [0.29, 0.717) is 36.1 Å². The molecule has 1 amide bonds. The van der Waals surface area contributed by atoms with E-state index in [1.807, 2.05) is 6.92 Å². The Balaban J connectivity index is 1.85. The van der Waals surface area contributed by atoms with Crippen LogP contribution < -0.4 is 10.1 Å². The number of hydrogen-bond acceptors (Lipinski definition) is 4. The van der Waals surface area contributed by atoms with Crippen molar-refractivity contribution in [3.05, 3.63) is 47.7 Å². The van der Waals surface area contributed by atoms with Gasteiger partial charge in [-0.15, -0.1) is 0 Å². The zero-order valence-electron chi connectivity index (χ0n) is 16.7. The molecule has 0 bridgehead atoms. The minimum Gasteiger partial charge on any atom is -0.477 e. The zero-order valence-corrected chi connectivity index (χ0v) is 16.7. The van der Waals surface area contributed by atoms with Crippen molar-refractivity contribution < 1.29 is 27.8 Å². The van der Waals surface area contributed by atoms with E-state index in [2.05, 4.69) is 10.3 Å². The first kappa shape index (κ1) is 22.1. The molecule has 3 rings (SSSR count). The first-order valence-corrected chi connectivity index (χ1v) is 10.0. The van der Waals surface area contributed by atoms with Crippen molar-refractivity contribution in [3.63, 3.8) is 0 Å². The Labute approximate surface area is 173 Å². The molecular weight excluding hydrogens is 397 g/mol. The highest BCUT2D eigenvalue weighted by molar-refractivity contribution is 5.95. The van der Waals surface area contributed by atoms with Crippen LogP contribution in [0.1, 0.15) is 42.1 Å². The summed E-state index contributed by atoms with van der Waals surface area (Å²) in [6.45, 7) is 2.70. The van der Waals surface area contributed by atoms with Crippen LogP contribution in [0.15, 0.2) is 36.5 Å². The van der Waals surface area contributed by atoms with E-state index < -0.39 is 11.7 Å². The number of aliphatic hydroxyl groups excluding tert-OH is 1. The lowest BCUT2D eigenvalue weighted by molar-refractivity contribution is -0.137. The van der Waals surface area contributed by atoms with Crippen LogP contribution in [0.25, 0.3) is 11.1 Å². The van der Waals surface area contributed by atoms with Crippen LogP contribution in [0.2, 0.25) is 0 Å². The Kier molecular flexibility index (Phi) is 6.97. The summed E-state index contributed by atoms with van der Waals surface area (Å²) in [6.07, 6.45) is -0.143. The van der Waals surface area contributed by atoms with E-state index in [1.54, 1.807) is 6.07 Å². The lowest BCUT2D eigenvalue weighted by atomic mass is 10.0. The number of benzene rings is 1. The lowest BCUT2D eigenvalue weighted by Gasteiger charge is -2.15. The Bertz CT molecular complexity index is 861. The van der Waals surface area contributed by atoms with Gasteiger partial charge < -0.3 is 15.2 Å². The molecule has 1 heterocycles. The maximum absolute atomic E-state index is 12.9. The molecule has 162 valence electrons.